The summed E-state index contributed by atoms with van der Waals surface area (Å²) in [6.07, 6.45) is 0. The normalized spacial score (nSPS) is 10.3. The number of anilines is 1. The number of aromatic nitrogens is 1. The largest absolute Gasteiger partial charge is 0.506 e. The number of carboxylic acid groups (broad SMARTS) is 1. The second-order valence-electron chi connectivity index (χ2n) is 4.41. The first-order valence-electron chi connectivity index (χ1n) is 5.90. The molecule has 0 unspecified atom stereocenters. The number of phenolic OH excluding ortho intramolecular Hbond substituents is 1. The SMILES string of the molecule is Cc1ccc(C(=O)Nc2cc(C(=O)O)ccc2O)n1C. The van der Waals surface area contributed by atoms with Gasteiger partial charge in [0.1, 0.15) is 11.4 Å². The highest BCUT2D eigenvalue weighted by molar-refractivity contribution is 6.04. The van der Waals surface area contributed by atoms with Gasteiger partial charge in [-0.15, -0.1) is 0 Å². The summed E-state index contributed by atoms with van der Waals surface area (Å²) in [5.74, 6) is -1.73. The highest BCUT2D eigenvalue weighted by Crippen LogP contribution is 2.25. The third kappa shape index (κ3) is 2.49. The lowest BCUT2D eigenvalue weighted by molar-refractivity contribution is 0.0696. The van der Waals surface area contributed by atoms with Gasteiger partial charge in [0.25, 0.3) is 5.91 Å². The molecule has 0 fully saturated rings. The van der Waals surface area contributed by atoms with E-state index in [-0.39, 0.29) is 17.0 Å². The van der Waals surface area contributed by atoms with Crippen LogP contribution in [0.15, 0.2) is 30.3 Å². The average molecular weight is 274 g/mol. The number of amides is 1. The van der Waals surface area contributed by atoms with Crippen molar-refractivity contribution in [2.45, 2.75) is 6.92 Å². The van der Waals surface area contributed by atoms with Gasteiger partial charge in [0.2, 0.25) is 0 Å². The van der Waals surface area contributed by atoms with Crippen LogP contribution in [-0.4, -0.2) is 26.7 Å². The molecular formula is C14H14N2O4. The molecule has 2 aromatic rings. The lowest BCUT2D eigenvalue weighted by Crippen LogP contribution is -2.16. The Labute approximate surface area is 115 Å². The van der Waals surface area contributed by atoms with Crippen LogP contribution in [0.4, 0.5) is 5.69 Å². The van der Waals surface area contributed by atoms with E-state index in [0.717, 1.165) is 5.69 Å². The number of carbonyl (C=O) groups is 2. The molecule has 6 heteroatoms. The number of aromatic hydroxyl groups is 1. The van der Waals surface area contributed by atoms with Crippen LogP contribution in [0.3, 0.4) is 0 Å². The molecule has 1 aromatic carbocycles. The third-order valence-corrected chi connectivity index (χ3v) is 3.10. The molecule has 1 amide bonds. The molecular weight excluding hydrogens is 260 g/mol. The van der Waals surface area contributed by atoms with Gasteiger partial charge in [-0.1, -0.05) is 0 Å². The van der Waals surface area contributed by atoms with Gasteiger partial charge in [-0.05, 0) is 37.3 Å². The van der Waals surface area contributed by atoms with E-state index in [4.69, 9.17) is 5.11 Å². The van der Waals surface area contributed by atoms with Crippen molar-refractivity contribution in [3.8, 4) is 5.75 Å². The molecule has 0 aliphatic carbocycles. The number of phenols is 1. The van der Waals surface area contributed by atoms with Gasteiger partial charge in [-0.2, -0.15) is 0 Å². The van der Waals surface area contributed by atoms with E-state index < -0.39 is 11.9 Å². The standard InChI is InChI=1S/C14H14N2O4/c1-8-3-5-11(16(8)2)13(18)15-10-7-9(14(19)20)4-6-12(10)17/h3-7,17H,1-2H3,(H,15,18)(H,19,20). The van der Waals surface area contributed by atoms with Crippen molar-refractivity contribution in [2.75, 3.05) is 5.32 Å². The van der Waals surface area contributed by atoms with Gasteiger partial charge in [-0.3, -0.25) is 4.79 Å². The van der Waals surface area contributed by atoms with E-state index in [9.17, 15) is 14.7 Å². The molecule has 1 heterocycles. The number of hydrogen-bond acceptors (Lipinski definition) is 3. The molecule has 0 radical (unpaired) electrons. The average Bonchev–Trinajstić information content (AvgIpc) is 2.72. The number of rotatable bonds is 3. The zero-order valence-electron chi connectivity index (χ0n) is 11.0. The fourth-order valence-electron chi connectivity index (χ4n) is 1.80. The lowest BCUT2D eigenvalue weighted by atomic mass is 10.2. The fraction of sp³-hybridized carbons (Fsp3) is 0.143. The van der Waals surface area contributed by atoms with Gasteiger partial charge < -0.3 is 20.1 Å². The first kappa shape index (κ1) is 13.7. The maximum atomic E-state index is 12.1. The van der Waals surface area contributed by atoms with Crippen molar-refractivity contribution in [3.63, 3.8) is 0 Å². The molecule has 0 saturated carbocycles. The van der Waals surface area contributed by atoms with Crippen LogP contribution in [-0.2, 0) is 7.05 Å². The smallest absolute Gasteiger partial charge is 0.335 e. The van der Waals surface area contributed by atoms with Crippen LogP contribution >= 0.6 is 0 Å². The van der Waals surface area contributed by atoms with Crippen LogP contribution in [0.1, 0.15) is 26.5 Å². The van der Waals surface area contributed by atoms with E-state index in [1.807, 2.05) is 6.92 Å². The summed E-state index contributed by atoms with van der Waals surface area (Å²) in [6.45, 7) is 1.86. The Kier molecular flexibility index (Phi) is 3.47. The minimum Gasteiger partial charge on any atom is -0.506 e. The summed E-state index contributed by atoms with van der Waals surface area (Å²) in [4.78, 5) is 23.0. The minimum atomic E-state index is -1.13. The molecule has 0 bridgehead atoms. The highest BCUT2D eigenvalue weighted by Gasteiger charge is 2.14. The monoisotopic (exact) mass is 274 g/mol. The second-order valence-corrected chi connectivity index (χ2v) is 4.41. The predicted octanol–water partition coefficient (Wildman–Crippen LogP) is 1.99. The Morgan fingerprint density at radius 2 is 1.90 bits per heavy atom. The van der Waals surface area contributed by atoms with Crippen molar-refractivity contribution < 1.29 is 19.8 Å². The summed E-state index contributed by atoms with van der Waals surface area (Å²) < 4.78 is 1.70. The van der Waals surface area contributed by atoms with Crippen molar-refractivity contribution in [3.05, 3.63) is 47.3 Å². The molecule has 0 spiro atoms. The van der Waals surface area contributed by atoms with Crippen LogP contribution in [0, 0.1) is 6.92 Å². The molecule has 0 saturated heterocycles. The Morgan fingerprint density at radius 3 is 2.45 bits per heavy atom. The highest BCUT2D eigenvalue weighted by atomic mass is 16.4. The summed E-state index contributed by atoms with van der Waals surface area (Å²) >= 11 is 0. The van der Waals surface area contributed by atoms with E-state index in [2.05, 4.69) is 5.32 Å². The summed E-state index contributed by atoms with van der Waals surface area (Å²) in [5.41, 5.74) is 1.39. The van der Waals surface area contributed by atoms with E-state index in [1.165, 1.54) is 18.2 Å². The quantitative estimate of drug-likeness (QED) is 0.746. The van der Waals surface area contributed by atoms with Crippen molar-refractivity contribution in [1.82, 2.24) is 4.57 Å². The van der Waals surface area contributed by atoms with Gasteiger partial charge in [0, 0.05) is 12.7 Å². The van der Waals surface area contributed by atoms with Crippen LogP contribution < -0.4 is 5.32 Å². The van der Waals surface area contributed by atoms with E-state index >= 15 is 0 Å². The van der Waals surface area contributed by atoms with Gasteiger partial charge in [-0.25, -0.2) is 4.79 Å². The summed E-state index contributed by atoms with van der Waals surface area (Å²) in [7, 11) is 1.75. The van der Waals surface area contributed by atoms with Crippen molar-refractivity contribution in [2.24, 2.45) is 7.05 Å². The molecule has 6 nitrogen and oxygen atoms in total. The first-order chi connectivity index (χ1) is 9.40. The Bertz CT molecular complexity index is 688. The molecule has 104 valence electrons. The molecule has 1 aromatic heterocycles. The van der Waals surface area contributed by atoms with Gasteiger partial charge >= 0.3 is 5.97 Å². The summed E-state index contributed by atoms with van der Waals surface area (Å²) in [5, 5.41) is 21.1. The molecule has 0 atom stereocenters. The van der Waals surface area contributed by atoms with Crippen LogP contribution in [0.2, 0.25) is 0 Å². The Hall–Kier alpha value is -2.76. The number of carboxylic acids is 1. The minimum absolute atomic E-state index is 0.0128. The zero-order valence-corrected chi connectivity index (χ0v) is 11.0. The van der Waals surface area contributed by atoms with Gasteiger partial charge in [0.15, 0.2) is 0 Å². The van der Waals surface area contributed by atoms with Gasteiger partial charge in [0.05, 0.1) is 11.3 Å². The van der Waals surface area contributed by atoms with Crippen molar-refractivity contribution in [1.29, 1.82) is 0 Å². The number of carbonyl (C=O) groups excluding carboxylic acids is 1. The fourth-order valence-corrected chi connectivity index (χ4v) is 1.80. The van der Waals surface area contributed by atoms with E-state index in [1.54, 1.807) is 23.7 Å². The number of nitrogens with zero attached hydrogens (tertiary/aromatic N) is 1. The second kappa shape index (κ2) is 5.08. The lowest BCUT2D eigenvalue weighted by Gasteiger charge is -2.09. The number of nitrogens with one attached hydrogen (secondary N) is 1. The number of hydrogen-bond donors (Lipinski definition) is 3. The van der Waals surface area contributed by atoms with Crippen LogP contribution in [0.25, 0.3) is 0 Å². The third-order valence-electron chi connectivity index (χ3n) is 3.10. The van der Waals surface area contributed by atoms with Crippen molar-refractivity contribution >= 4 is 17.6 Å². The number of benzene rings is 1. The van der Waals surface area contributed by atoms with Crippen LogP contribution in [0.5, 0.6) is 5.75 Å². The molecule has 0 aliphatic rings. The molecule has 2 rings (SSSR count). The van der Waals surface area contributed by atoms with E-state index in [0.29, 0.717) is 5.69 Å². The molecule has 3 N–H and O–H groups in total. The Morgan fingerprint density at radius 1 is 1.20 bits per heavy atom. The maximum absolute atomic E-state index is 12.1. The molecule has 0 aliphatic heterocycles. The predicted molar refractivity (Wildman–Crippen MR) is 73.2 cm³/mol. The first-order valence-corrected chi connectivity index (χ1v) is 5.90. The number of aromatic carboxylic acids is 1. The number of aryl methyl sites for hydroxylation is 1. The Balaban J connectivity index is 2.30. The topological polar surface area (TPSA) is 91.6 Å². The molecule has 20 heavy (non-hydrogen) atoms. The summed E-state index contributed by atoms with van der Waals surface area (Å²) in [6, 6.07) is 7.16. The zero-order chi connectivity index (χ0) is 14.9. The maximum Gasteiger partial charge on any atom is 0.335 e.